The standard InChI is InChI=1S/C12H15F2NO/c1-15-6-5-12(13,14)10-2-3-11-9(8-10)4-7-16-11/h2-3,8,15H,4-7H2,1H3. The van der Waals surface area contributed by atoms with Crippen molar-refractivity contribution in [1.82, 2.24) is 5.32 Å². The predicted octanol–water partition coefficient (Wildman–Crippen LogP) is 2.32. The molecule has 0 atom stereocenters. The zero-order valence-electron chi connectivity index (χ0n) is 9.22. The third kappa shape index (κ3) is 2.16. The van der Waals surface area contributed by atoms with Crippen molar-refractivity contribution < 1.29 is 13.5 Å². The Morgan fingerprint density at radius 1 is 1.44 bits per heavy atom. The number of benzene rings is 1. The molecule has 0 saturated carbocycles. The predicted molar refractivity (Wildman–Crippen MR) is 58.1 cm³/mol. The van der Waals surface area contributed by atoms with Gasteiger partial charge in [-0.25, -0.2) is 8.78 Å². The van der Waals surface area contributed by atoms with Gasteiger partial charge < -0.3 is 10.1 Å². The van der Waals surface area contributed by atoms with Crippen molar-refractivity contribution in [3.63, 3.8) is 0 Å². The van der Waals surface area contributed by atoms with E-state index in [9.17, 15) is 8.78 Å². The minimum absolute atomic E-state index is 0.0898. The maximum atomic E-state index is 13.7. The third-order valence-corrected chi connectivity index (χ3v) is 2.80. The van der Waals surface area contributed by atoms with E-state index in [4.69, 9.17) is 4.74 Å². The highest BCUT2D eigenvalue weighted by Crippen LogP contribution is 2.35. The molecule has 1 aliphatic heterocycles. The van der Waals surface area contributed by atoms with E-state index in [2.05, 4.69) is 5.32 Å². The van der Waals surface area contributed by atoms with Gasteiger partial charge in [-0.3, -0.25) is 0 Å². The SMILES string of the molecule is CNCCC(F)(F)c1ccc2c(c1)CCO2. The molecule has 0 saturated heterocycles. The summed E-state index contributed by atoms with van der Waals surface area (Å²) in [4.78, 5) is 0. The first-order chi connectivity index (χ1) is 7.63. The number of nitrogens with one attached hydrogen (secondary N) is 1. The summed E-state index contributed by atoms with van der Waals surface area (Å²) in [5, 5.41) is 2.74. The van der Waals surface area contributed by atoms with Gasteiger partial charge in [0.25, 0.3) is 5.92 Å². The van der Waals surface area contributed by atoms with E-state index in [1.807, 2.05) is 0 Å². The first-order valence-electron chi connectivity index (χ1n) is 5.42. The van der Waals surface area contributed by atoms with Gasteiger partial charge in [-0.2, -0.15) is 0 Å². The average molecular weight is 227 g/mol. The molecule has 16 heavy (non-hydrogen) atoms. The summed E-state index contributed by atoms with van der Waals surface area (Å²) in [5.74, 6) is -2.02. The van der Waals surface area contributed by atoms with Crippen LogP contribution in [0.5, 0.6) is 5.75 Å². The average Bonchev–Trinajstić information content (AvgIpc) is 2.73. The Morgan fingerprint density at radius 3 is 3.00 bits per heavy atom. The molecule has 0 aliphatic carbocycles. The molecule has 0 bridgehead atoms. The molecule has 1 aromatic carbocycles. The molecule has 1 N–H and O–H groups in total. The maximum Gasteiger partial charge on any atom is 0.274 e. The van der Waals surface area contributed by atoms with Crippen LogP contribution in [0.2, 0.25) is 0 Å². The Hall–Kier alpha value is -1.16. The quantitative estimate of drug-likeness (QED) is 0.852. The lowest BCUT2D eigenvalue weighted by molar-refractivity contribution is -0.0124. The normalized spacial score (nSPS) is 14.7. The number of alkyl halides is 2. The molecular weight excluding hydrogens is 212 g/mol. The Morgan fingerprint density at radius 2 is 2.25 bits per heavy atom. The molecule has 0 spiro atoms. The molecule has 0 aromatic heterocycles. The van der Waals surface area contributed by atoms with E-state index >= 15 is 0 Å². The molecule has 1 aromatic rings. The molecule has 88 valence electrons. The van der Waals surface area contributed by atoms with E-state index in [0.29, 0.717) is 13.2 Å². The summed E-state index contributed by atoms with van der Waals surface area (Å²) in [6.45, 7) is 0.904. The number of rotatable bonds is 4. The number of halogens is 2. The minimum Gasteiger partial charge on any atom is -0.493 e. The van der Waals surface area contributed by atoms with Crippen molar-refractivity contribution in [2.24, 2.45) is 0 Å². The summed E-state index contributed by atoms with van der Waals surface area (Å²) in [5.41, 5.74) is 0.980. The van der Waals surface area contributed by atoms with E-state index in [1.165, 1.54) is 6.07 Å². The van der Waals surface area contributed by atoms with E-state index in [1.54, 1.807) is 19.2 Å². The Bertz CT molecular complexity index is 379. The zero-order chi connectivity index (χ0) is 11.6. The van der Waals surface area contributed by atoms with Crippen molar-refractivity contribution in [2.45, 2.75) is 18.8 Å². The largest absolute Gasteiger partial charge is 0.493 e. The van der Waals surface area contributed by atoms with Crippen LogP contribution in [0.3, 0.4) is 0 Å². The van der Waals surface area contributed by atoms with Crippen LogP contribution in [0.15, 0.2) is 18.2 Å². The monoisotopic (exact) mass is 227 g/mol. The van der Waals surface area contributed by atoms with Crippen molar-refractivity contribution >= 4 is 0 Å². The van der Waals surface area contributed by atoms with Gasteiger partial charge in [0.05, 0.1) is 6.61 Å². The smallest absolute Gasteiger partial charge is 0.274 e. The highest BCUT2D eigenvalue weighted by atomic mass is 19.3. The molecule has 2 nitrogen and oxygen atoms in total. The molecule has 0 unspecified atom stereocenters. The van der Waals surface area contributed by atoms with Crippen molar-refractivity contribution in [1.29, 1.82) is 0 Å². The summed E-state index contributed by atoms with van der Waals surface area (Å²) in [7, 11) is 1.67. The van der Waals surface area contributed by atoms with E-state index < -0.39 is 5.92 Å². The van der Waals surface area contributed by atoms with Crippen LogP contribution in [0.4, 0.5) is 8.78 Å². The fraction of sp³-hybridized carbons (Fsp3) is 0.500. The van der Waals surface area contributed by atoms with Crippen LogP contribution in [-0.2, 0) is 12.3 Å². The number of fused-ring (bicyclic) bond motifs is 1. The second kappa shape index (κ2) is 4.37. The van der Waals surface area contributed by atoms with Crippen LogP contribution in [0.1, 0.15) is 17.5 Å². The summed E-state index contributed by atoms with van der Waals surface area (Å²) in [6.07, 6.45) is 0.550. The minimum atomic E-state index is -2.76. The van der Waals surface area contributed by atoms with Gasteiger partial charge in [0.1, 0.15) is 5.75 Å². The Balaban J connectivity index is 2.20. The lowest BCUT2D eigenvalue weighted by atomic mass is 10.0. The Kier molecular flexibility index (Phi) is 3.10. The summed E-state index contributed by atoms with van der Waals surface area (Å²) in [6, 6.07) is 4.67. The third-order valence-electron chi connectivity index (χ3n) is 2.80. The maximum absolute atomic E-state index is 13.7. The lowest BCUT2D eigenvalue weighted by Gasteiger charge is -2.17. The fourth-order valence-electron chi connectivity index (χ4n) is 1.84. The van der Waals surface area contributed by atoms with Gasteiger partial charge in [0.15, 0.2) is 0 Å². The first kappa shape index (κ1) is 11.3. The highest BCUT2D eigenvalue weighted by Gasteiger charge is 2.31. The van der Waals surface area contributed by atoms with Crippen molar-refractivity contribution in [3.8, 4) is 5.75 Å². The molecule has 1 aliphatic rings. The van der Waals surface area contributed by atoms with Crippen LogP contribution in [0, 0.1) is 0 Å². The molecule has 4 heteroatoms. The number of ether oxygens (including phenoxy) is 1. The fourth-order valence-corrected chi connectivity index (χ4v) is 1.84. The zero-order valence-corrected chi connectivity index (χ0v) is 9.22. The molecule has 0 amide bonds. The van der Waals surface area contributed by atoms with Crippen LogP contribution in [0.25, 0.3) is 0 Å². The van der Waals surface area contributed by atoms with Gasteiger partial charge in [-0.15, -0.1) is 0 Å². The molecule has 1 heterocycles. The molecular formula is C12H15F2NO. The molecule has 0 radical (unpaired) electrons. The van der Waals surface area contributed by atoms with E-state index in [-0.39, 0.29) is 12.0 Å². The lowest BCUT2D eigenvalue weighted by Crippen LogP contribution is -2.21. The van der Waals surface area contributed by atoms with Gasteiger partial charge in [-0.05, 0) is 30.8 Å². The van der Waals surface area contributed by atoms with Gasteiger partial charge in [0, 0.05) is 24.9 Å². The van der Waals surface area contributed by atoms with Crippen LogP contribution < -0.4 is 10.1 Å². The van der Waals surface area contributed by atoms with Gasteiger partial charge in [-0.1, -0.05) is 0 Å². The van der Waals surface area contributed by atoms with E-state index in [0.717, 1.165) is 17.7 Å². The second-order valence-corrected chi connectivity index (χ2v) is 3.98. The van der Waals surface area contributed by atoms with Gasteiger partial charge in [0.2, 0.25) is 0 Å². The Labute approximate surface area is 93.6 Å². The molecule has 2 rings (SSSR count). The summed E-state index contributed by atoms with van der Waals surface area (Å²) < 4.78 is 32.8. The topological polar surface area (TPSA) is 21.3 Å². The van der Waals surface area contributed by atoms with Crippen molar-refractivity contribution in [3.05, 3.63) is 29.3 Å². The number of hydrogen-bond acceptors (Lipinski definition) is 2. The number of hydrogen-bond donors (Lipinski definition) is 1. The molecule has 0 fully saturated rings. The van der Waals surface area contributed by atoms with Crippen molar-refractivity contribution in [2.75, 3.05) is 20.2 Å². The highest BCUT2D eigenvalue weighted by molar-refractivity contribution is 5.41. The van der Waals surface area contributed by atoms with Crippen LogP contribution in [-0.4, -0.2) is 20.2 Å². The summed E-state index contributed by atoms with van der Waals surface area (Å²) >= 11 is 0. The van der Waals surface area contributed by atoms with Crippen LogP contribution >= 0.6 is 0 Å². The van der Waals surface area contributed by atoms with Gasteiger partial charge >= 0.3 is 0 Å². The first-order valence-corrected chi connectivity index (χ1v) is 5.42. The second-order valence-electron chi connectivity index (χ2n) is 3.98.